The number of ether oxygens (including phenoxy) is 1. The molecule has 0 aromatic carbocycles. The average Bonchev–Trinajstić information content (AvgIpc) is 2.69. The van der Waals surface area contributed by atoms with Crippen LogP contribution in [0.5, 0.6) is 0 Å². The van der Waals surface area contributed by atoms with Crippen molar-refractivity contribution in [1.82, 2.24) is 9.55 Å². The lowest BCUT2D eigenvalue weighted by Gasteiger charge is -2.02. The Kier molecular flexibility index (Phi) is 4.83. The molecule has 1 heterocycles. The number of nitrogens with zero attached hydrogens (tertiary/aromatic N) is 4. The molecule has 0 saturated carbocycles. The van der Waals surface area contributed by atoms with E-state index in [0.29, 0.717) is 0 Å². The zero-order chi connectivity index (χ0) is 13.5. The Morgan fingerprint density at radius 2 is 2.50 bits per heavy atom. The van der Waals surface area contributed by atoms with Crippen molar-refractivity contribution in [2.75, 3.05) is 18.9 Å². The molecular formula is C10H13N5O3. The van der Waals surface area contributed by atoms with E-state index in [2.05, 4.69) is 14.7 Å². The van der Waals surface area contributed by atoms with Crippen molar-refractivity contribution >= 4 is 17.6 Å². The molecular weight excluding hydrogens is 238 g/mol. The third-order valence-electron chi connectivity index (χ3n) is 2.02. The van der Waals surface area contributed by atoms with Gasteiger partial charge in [-0.3, -0.25) is 0 Å². The summed E-state index contributed by atoms with van der Waals surface area (Å²) in [6.45, 7) is 1.92. The van der Waals surface area contributed by atoms with Crippen LogP contribution in [0.3, 0.4) is 0 Å². The van der Waals surface area contributed by atoms with E-state index >= 15 is 0 Å². The number of imidazole rings is 1. The van der Waals surface area contributed by atoms with Crippen LogP contribution in [-0.2, 0) is 11.3 Å². The highest BCUT2D eigenvalue weighted by Gasteiger charge is 2.15. The van der Waals surface area contributed by atoms with Crippen LogP contribution >= 0.6 is 0 Å². The van der Waals surface area contributed by atoms with Crippen molar-refractivity contribution in [2.24, 2.45) is 4.99 Å². The smallest absolute Gasteiger partial charge is 0.434 e. The van der Waals surface area contributed by atoms with Crippen LogP contribution in [0.2, 0.25) is 0 Å². The Labute approximate surface area is 103 Å². The number of carbonyl (C=O) groups is 1. The molecule has 96 valence electrons. The molecule has 1 rings (SSSR count). The number of aliphatic hydroxyl groups is 1. The first-order chi connectivity index (χ1) is 8.63. The summed E-state index contributed by atoms with van der Waals surface area (Å²) in [5.74, 6) is 0.161. The molecule has 3 N–H and O–H groups in total. The van der Waals surface area contributed by atoms with Crippen molar-refractivity contribution in [3.63, 3.8) is 0 Å². The summed E-state index contributed by atoms with van der Waals surface area (Å²) in [7, 11) is 0. The molecule has 0 unspecified atom stereocenters. The first kappa shape index (κ1) is 13.7. The third kappa shape index (κ3) is 3.05. The summed E-state index contributed by atoms with van der Waals surface area (Å²) < 4.78 is 6.05. The number of carbonyl (C=O) groups excluding carboxylic acids is 1. The number of amides is 1. The predicted molar refractivity (Wildman–Crippen MR) is 62.9 cm³/mol. The molecule has 1 amide bonds. The molecule has 0 fully saturated rings. The van der Waals surface area contributed by atoms with Crippen LogP contribution in [-0.4, -0.2) is 39.7 Å². The Balaban J connectivity index is 3.03. The lowest BCUT2D eigenvalue weighted by Crippen LogP contribution is -2.10. The number of hydrogen-bond donors (Lipinski definition) is 2. The van der Waals surface area contributed by atoms with E-state index in [1.807, 2.05) is 0 Å². The van der Waals surface area contributed by atoms with Gasteiger partial charge in [-0.15, -0.1) is 0 Å². The van der Waals surface area contributed by atoms with Gasteiger partial charge in [0.1, 0.15) is 17.6 Å². The Bertz CT molecular complexity index is 500. The van der Waals surface area contributed by atoms with Gasteiger partial charge < -0.3 is 20.1 Å². The van der Waals surface area contributed by atoms with Crippen LogP contribution in [0.25, 0.3) is 0 Å². The fraction of sp³-hybridized carbons (Fsp3) is 0.400. The first-order valence-corrected chi connectivity index (χ1v) is 5.21. The molecule has 0 aliphatic carbocycles. The van der Waals surface area contributed by atoms with Crippen LogP contribution in [0.1, 0.15) is 12.6 Å². The number of rotatable bonds is 4. The van der Waals surface area contributed by atoms with Gasteiger partial charge in [0.2, 0.25) is 0 Å². The lowest BCUT2D eigenvalue weighted by molar-refractivity contribution is 0.163. The number of aliphatic hydroxyl groups excluding tert-OH is 1. The second-order valence-corrected chi connectivity index (χ2v) is 3.17. The molecule has 8 nitrogen and oxygen atoms in total. The minimum Gasteiger partial charge on any atom is -0.448 e. The van der Waals surface area contributed by atoms with Crippen LogP contribution in [0.15, 0.2) is 11.3 Å². The highest BCUT2D eigenvalue weighted by atomic mass is 16.5. The van der Waals surface area contributed by atoms with Gasteiger partial charge in [0.05, 0.1) is 19.5 Å². The van der Waals surface area contributed by atoms with Crippen molar-refractivity contribution < 1.29 is 14.6 Å². The second-order valence-electron chi connectivity index (χ2n) is 3.17. The summed E-state index contributed by atoms with van der Waals surface area (Å²) in [5.41, 5.74) is 5.60. The fourth-order valence-corrected chi connectivity index (χ4v) is 1.24. The van der Waals surface area contributed by atoms with Gasteiger partial charge in [-0.25, -0.2) is 9.78 Å². The van der Waals surface area contributed by atoms with E-state index < -0.39 is 6.09 Å². The monoisotopic (exact) mass is 251 g/mol. The molecule has 0 aliphatic rings. The SMILES string of the molecule is CCOC(=O)/N=C(\C#N)c1ncn(CCO)c1N. The maximum absolute atomic E-state index is 11.2. The molecule has 8 heteroatoms. The molecule has 0 atom stereocenters. The van der Waals surface area contributed by atoms with Gasteiger partial charge in [-0.05, 0) is 6.92 Å². The van der Waals surface area contributed by atoms with Crippen LogP contribution in [0.4, 0.5) is 10.6 Å². The summed E-state index contributed by atoms with van der Waals surface area (Å²) in [4.78, 5) is 18.5. The Morgan fingerprint density at radius 1 is 1.78 bits per heavy atom. The minimum atomic E-state index is -0.870. The number of nitrogen functional groups attached to an aromatic ring is 1. The quantitative estimate of drug-likeness (QED) is 0.721. The largest absolute Gasteiger partial charge is 0.448 e. The standard InChI is InChI=1S/C10H13N5O3/c1-2-18-10(17)14-7(5-11)8-9(12)15(3-4-16)6-13-8/h6,16H,2-4,12H2,1H3/b14-7+. The highest BCUT2D eigenvalue weighted by Crippen LogP contribution is 2.11. The maximum atomic E-state index is 11.2. The summed E-state index contributed by atoms with van der Waals surface area (Å²) in [5, 5.41) is 17.7. The zero-order valence-corrected chi connectivity index (χ0v) is 9.83. The molecule has 0 saturated heterocycles. The summed E-state index contributed by atoms with van der Waals surface area (Å²) in [6.07, 6.45) is 0.490. The number of nitrogens with two attached hydrogens (primary N) is 1. The van der Waals surface area contributed by atoms with Gasteiger partial charge in [-0.2, -0.15) is 10.3 Å². The fourth-order valence-electron chi connectivity index (χ4n) is 1.24. The summed E-state index contributed by atoms with van der Waals surface area (Å²) in [6, 6.07) is 1.73. The number of aromatic nitrogens is 2. The second kappa shape index (κ2) is 6.36. The van der Waals surface area contributed by atoms with Gasteiger partial charge in [0.15, 0.2) is 5.71 Å². The van der Waals surface area contributed by atoms with Gasteiger partial charge in [-0.1, -0.05) is 0 Å². The Hall–Kier alpha value is -2.40. The number of nitriles is 1. The van der Waals surface area contributed by atoms with E-state index in [4.69, 9.17) is 16.1 Å². The van der Waals surface area contributed by atoms with Gasteiger partial charge in [0, 0.05) is 6.54 Å². The molecule has 18 heavy (non-hydrogen) atoms. The van der Waals surface area contributed by atoms with E-state index in [9.17, 15) is 4.79 Å². The highest BCUT2D eigenvalue weighted by molar-refractivity contribution is 6.16. The number of hydrogen-bond acceptors (Lipinski definition) is 6. The molecule has 0 spiro atoms. The van der Waals surface area contributed by atoms with E-state index in [1.54, 1.807) is 13.0 Å². The molecule has 0 radical (unpaired) electrons. The molecule has 1 aromatic rings. The first-order valence-electron chi connectivity index (χ1n) is 5.21. The number of aliphatic imine (C=N–C) groups is 1. The molecule has 0 aliphatic heterocycles. The van der Waals surface area contributed by atoms with Crippen LogP contribution < -0.4 is 5.73 Å². The molecule has 1 aromatic heterocycles. The summed E-state index contributed by atoms with van der Waals surface area (Å²) >= 11 is 0. The van der Waals surface area contributed by atoms with Crippen LogP contribution in [0, 0.1) is 11.3 Å². The van der Waals surface area contributed by atoms with Crippen molar-refractivity contribution in [2.45, 2.75) is 13.5 Å². The predicted octanol–water partition coefficient (Wildman–Crippen LogP) is -0.0732. The van der Waals surface area contributed by atoms with Crippen molar-refractivity contribution in [1.29, 1.82) is 5.26 Å². The van der Waals surface area contributed by atoms with Crippen molar-refractivity contribution in [3.8, 4) is 6.07 Å². The normalized spacial score (nSPS) is 11.1. The maximum Gasteiger partial charge on any atom is 0.434 e. The van der Waals surface area contributed by atoms with Crippen molar-refractivity contribution in [3.05, 3.63) is 12.0 Å². The lowest BCUT2D eigenvalue weighted by atomic mass is 10.3. The van der Waals surface area contributed by atoms with E-state index in [-0.39, 0.29) is 37.0 Å². The molecule has 0 bridgehead atoms. The third-order valence-corrected chi connectivity index (χ3v) is 2.02. The Morgan fingerprint density at radius 3 is 3.06 bits per heavy atom. The minimum absolute atomic E-state index is 0.0963. The average molecular weight is 251 g/mol. The van der Waals surface area contributed by atoms with E-state index in [0.717, 1.165) is 0 Å². The van der Waals surface area contributed by atoms with Gasteiger partial charge in [0.25, 0.3) is 0 Å². The topological polar surface area (TPSA) is 127 Å². The number of anilines is 1. The van der Waals surface area contributed by atoms with Gasteiger partial charge >= 0.3 is 6.09 Å². The van der Waals surface area contributed by atoms with E-state index in [1.165, 1.54) is 10.9 Å². The zero-order valence-electron chi connectivity index (χ0n) is 9.83.